The molecular formula is C19H28FN5O. The molecule has 1 aromatic heterocycles. The highest BCUT2D eigenvalue weighted by atomic mass is 19.1. The van der Waals surface area contributed by atoms with Gasteiger partial charge in [-0.3, -0.25) is 4.90 Å². The minimum absolute atomic E-state index is 0.0686. The van der Waals surface area contributed by atoms with E-state index in [9.17, 15) is 9.50 Å². The summed E-state index contributed by atoms with van der Waals surface area (Å²) in [5.41, 5.74) is -0.000762. The van der Waals surface area contributed by atoms with Gasteiger partial charge in [0.1, 0.15) is 6.17 Å². The predicted molar refractivity (Wildman–Crippen MR) is 96.1 cm³/mol. The first-order chi connectivity index (χ1) is 12.6. The Morgan fingerprint density at radius 1 is 1.35 bits per heavy atom. The van der Waals surface area contributed by atoms with E-state index in [1.165, 1.54) is 12.8 Å². The van der Waals surface area contributed by atoms with Gasteiger partial charge in [-0.1, -0.05) is 38.0 Å². The Bertz CT molecular complexity index is 696. The fourth-order valence-electron chi connectivity index (χ4n) is 4.64. The molecule has 2 heterocycles. The molecule has 4 rings (SSSR count). The number of nitrogens with zero attached hydrogens (tertiary/aromatic N) is 5. The van der Waals surface area contributed by atoms with Gasteiger partial charge in [0.2, 0.25) is 0 Å². The van der Waals surface area contributed by atoms with Gasteiger partial charge < -0.3 is 5.11 Å². The second-order valence-electron chi connectivity index (χ2n) is 8.06. The number of hydrogen-bond acceptors (Lipinski definition) is 5. The number of hydrogen-bond donors (Lipinski definition) is 1. The van der Waals surface area contributed by atoms with E-state index in [2.05, 4.69) is 27.3 Å². The summed E-state index contributed by atoms with van der Waals surface area (Å²) in [6, 6.07) is 0.435. The molecule has 0 radical (unpaired) electrons. The van der Waals surface area contributed by atoms with Crippen molar-refractivity contribution in [3.8, 4) is 0 Å². The molecule has 0 aromatic carbocycles. The zero-order chi connectivity index (χ0) is 18.1. The van der Waals surface area contributed by atoms with E-state index in [-0.39, 0.29) is 5.92 Å². The summed E-state index contributed by atoms with van der Waals surface area (Å²) in [5, 5.41) is 23.6. The van der Waals surface area contributed by atoms with Crippen molar-refractivity contribution in [1.29, 1.82) is 0 Å². The topological polar surface area (TPSA) is 67.1 Å². The summed E-state index contributed by atoms with van der Waals surface area (Å²) in [4.78, 5) is 2.32. The molecule has 26 heavy (non-hydrogen) atoms. The van der Waals surface area contributed by atoms with E-state index in [4.69, 9.17) is 0 Å². The molecule has 1 aromatic rings. The third-order valence-corrected chi connectivity index (χ3v) is 6.30. The molecule has 2 aliphatic carbocycles. The molecule has 1 aliphatic heterocycles. The van der Waals surface area contributed by atoms with Crippen LogP contribution in [0.2, 0.25) is 0 Å². The number of aromatic nitrogens is 4. The molecule has 142 valence electrons. The van der Waals surface area contributed by atoms with Crippen molar-refractivity contribution >= 4 is 0 Å². The van der Waals surface area contributed by atoms with Gasteiger partial charge in [0.05, 0.1) is 18.2 Å². The van der Waals surface area contributed by atoms with E-state index >= 15 is 0 Å². The summed E-state index contributed by atoms with van der Waals surface area (Å²) in [5.74, 6) is 0.991. The van der Waals surface area contributed by atoms with Crippen LogP contribution in [0.25, 0.3) is 0 Å². The molecule has 0 spiro atoms. The van der Waals surface area contributed by atoms with Crippen LogP contribution in [-0.4, -0.2) is 55.1 Å². The standard InChI is InChI=1S/C19H28FN5O/c1-14-12-24(11-10-19(14,26)15-6-8-16(20)9-7-15)13-18-21-22-23-25(18)17-4-2-3-5-17/h6-8,14,16-17,26H,2-5,9-13H2,1H3. The SMILES string of the molecule is CC1CN(Cc2nnnn2C2CCCC2)CCC1(O)C1=CCC(F)C=C1. The molecule has 1 saturated carbocycles. The average Bonchev–Trinajstić information content (AvgIpc) is 3.30. The van der Waals surface area contributed by atoms with Gasteiger partial charge in [-0.25, -0.2) is 9.07 Å². The van der Waals surface area contributed by atoms with Gasteiger partial charge in [0, 0.05) is 25.4 Å². The molecule has 1 N–H and O–H groups in total. The van der Waals surface area contributed by atoms with Crippen LogP contribution >= 0.6 is 0 Å². The maximum Gasteiger partial charge on any atom is 0.165 e. The van der Waals surface area contributed by atoms with Crippen molar-refractivity contribution in [2.75, 3.05) is 13.1 Å². The average molecular weight is 361 g/mol. The van der Waals surface area contributed by atoms with Crippen molar-refractivity contribution in [2.45, 2.75) is 69.8 Å². The molecule has 0 bridgehead atoms. The molecule has 7 heteroatoms. The number of piperidine rings is 1. The molecule has 6 nitrogen and oxygen atoms in total. The predicted octanol–water partition coefficient (Wildman–Crippen LogP) is 2.59. The maximum atomic E-state index is 13.3. The minimum atomic E-state index is -0.924. The first kappa shape index (κ1) is 17.8. The van der Waals surface area contributed by atoms with Crippen molar-refractivity contribution < 1.29 is 9.50 Å². The lowest BCUT2D eigenvalue weighted by molar-refractivity contribution is -0.0371. The van der Waals surface area contributed by atoms with E-state index in [0.29, 0.717) is 25.4 Å². The second kappa shape index (κ2) is 7.19. The lowest BCUT2D eigenvalue weighted by Gasteiger charge is -2.44. The summed E-state index contributed by atoms with van der Waals surface area (Å²) < 4.78 is 15.3. The van der Waals surface area contributed by atoms with Gasteiger partial charge >= 0.3 is 0 Å². The Kier molecular flexibility index (Phi) is 4.92. The molecular weight excluding hydrogens is 333 g/mol. The van der Waals surface area contributed by atoms with E-state index in [1.54, 1.807) is 12.2 Å². The van der Waals surface area contributed by atoms with Gasteiger partial charge in [0.15, 0.2) is 5.82 Å². The number of halogens is 1. The molecule has 0 amide bonds. The number of tetrazole rings is 1. The zero-order valence-corrected chi connectivity index (χ0v) is 15.4. The van der Waals surface area contributed by atoms with Crippen LogP contribution in [0.4, 0.5) is 4.39 Å². The third kappa shape index (κ3) is 3.34. The van der Waals surface area contributed by atoms with Crippen LogP contribution in [0.5, 0.6) is 0 Å². The van der Waals surface area contributed by atoms with Gasteiger partial charge in [-0.05, 0) is 35.3 Å². The molecule has 3 atom stereocenters. The van der Waals surface area contributed by atoms with Crippen molar-refractivity contribution in [2.24, 2.45) is 5.92 Å². The van der Waals surface area contributed by atoms with E-state index in [1.807, 2.05) is 10.8 Å². The van der Waals surface area contributed by atoms with Crippen LogP contribution in [0.3, 0.4) is 0 Å². The number of allylic oxidation sites excluding steroid dienone is 2. The molecule has 3 unspecified atom stereocenters. The van der Waals surface area contributed by atoms with E-state index < -0.39 is 11.8 Å². The fourth-order valence-corrected chi connectivity index (χ4v) is 4.64. The van der Waals surface area contributed by atoms with Crippen LogP contribution < -0.4 is 0 Å². The highest BCUT2D eigenvalue weighted by Crippen LogP contribution is 2.37. The zero-order valence-electron chi connectivity index (χ0n) is 15.4. The minimum Gasteiger partial charge on any atom is -0.385 e. The van der Waals surface area contributed by atoms with Gasteiger partial charge in [-0.15, -0.1) is 5.10 Å². The number of rotatable bonds is 4. The highest BCUT2D eigenvalue weighted by Gasteiger charge is 2.41. The Morgan fingerprint density at radius 3 is 2.85 bits per heavy atom. The first-order valence-electron chi connectivity index (χ1n) is 9.80. The van der Waals surface area contributed by atoms with Crippen LogP contribution in [0.15, 0.2) is 23.8 Å². The van der Waals surface area contributed by atoms with Crippen LogP contribution in [0.1, 0.15) is 57.3 Å². The number of alkyl halides is 1. The Morgan fingerprint density at radius 2 is 2.15 bits per heavy atom. The number of likely N-dealkylation sites (tertiary alicyclic amines) is 1. The summed E-state index contributed by atoms with van der Waals surface area (Å²) in [6.07, 6.45) is 10.1. The van der Waals surface area contributed by atoms with Gasteiger partial charge in [-0.2, -0.15) is 0 Å². The molecule has 1 saturated heterocycles. The monoisotopic (exact) mass is 361 g/mol. The highest BCUT2D eigenvalue weighted by molar-refractivity contribution is 5.34. The third-order valence-electron chi connectivity index (χ3n) is 6.30. The van der Waals surface area contributed by atoms with Crippen LogP contribution in [-0.2, 0) is 6.54 Å². The quantitative estimate of drug-likeness (QED) is 0.893. The second-order valence-corrected chi connectivity index (χ2v) is 8.06. The summed E-state index contributed by atoms with van der Waals surface area (Å²) in [6.45, 7) is 4.34. The smallest absolute Gasteiger partial charge is 0.165 e. The number of aliphatic hydroxyl groups is 1. The summed E-state index contributed by atoms with van der Waals surface area (Å²) in [7, 11) is 0. The maximum absolute atomic E-state index is 13.3. The van der Waals surface area contributed by atoms with Crippen molar-refractivity contribution in [3.63, 3.8) is 0 Å². The Labute approximate surface area is 153 Å². The summed E-state index contributed by atoms with van der Waals surface area (Å²) >= 11 is 0. The Hall–Kier alpha value is -1.60. The Balaban J connectivity index is 1.42. The largest absolute Gasteiger partial charge is 0.385 e. The van der Waals surface area contributed by atoms with E-state index in [0.717, 1.165) is 37.3 Å². The fraction of sp³-hybridized carbons (Fsp3) is 0.737. The van der Waals surface area contributed by atoms with Gasteiger partial charge in [0.25, 0.3) is 0 Å². The van der Waals surface area contributed by atoms with Crippen LogP contribution in [0, 0.1) is 5.92 Å². The normalized spacial score (nSPS) is 33.6. The van der Waals surface area contributed by atoms with Crippen molar-refractivity contribution in [3.05, 3.63) is 29.6 Å². The van der Waals surface area contributed by atoms with Crippen molar-refractivity contribution in [1.82, 2.24) is 25.1 Å². The lowest BCUT2D eigenvalue weighted by Crippen LogP contribution is -2.51. The first-order valence-corrected chi connectivity index (χ1v) is 9.80. The molecule has 2 fully saturated rings. The molecule has 3 aliphatic rings. The lowest BCUT2D eigenvalue weighted by atomic mass is 9.75.